The van der Waals surface area contributed by atoms with E-state index in [4.69, 9.17) is 16.7 Å². The second kappa shape index (κ2) is 6.32. The van der Waals surface area contributed by atoms with E-state index < -0.39 is 0 Å². The third-order valence-corrected chi connectivity index (χ3v) is 4.62. The maximum absolute atomic E-state index is 9.10. The molecule has 1 aromatic heterocycles. The van der Waals surface area contributed by atoms with Crippen molar-refractivity contribution in [3.63, 3.8) is 0 Å². The maximum atomic E-state index is 9.10. The van der Waals surface area contributed by atoms with E-state index in [1.807, 2.05) is 0 Å². The van der Waals surface area contributed by atoms with Crippen LogP contribution in [0.15, 0.2) is 0 Å². The van der Waals surface area contributed by atoms with Crippen molar-refractivity contribution in [1.29, 1.82) is 0 Å². The van der Waals surface area contributed by atoms with Crippen molar-refractivity contribution in [3.05, 3.63) is 5.28 Å². The molecule has 1 aliphatic carbocycles. The standard InChI is InChI=1S/C14H22ClN5O/c15-11-17-12(16-10-14(4-5-14)6-9-21)19-13(18-11)20-7-2-1-3-8-20/h21H,1-10H2,(H,16,17,18,19). The first kappa shape index (κ1) is 14.8. The quantitative estimate of drug-likeness (QED) is 0.838. The lowest BCUT2D eigenvalue weighted by atomic mass is 10.0. The van der Waals surface area contributed by atoms with Crippen molar-refractivity contribution >= 4 is 23.5 Å². The predicted molar refractivity (Wildman–Crippen MR) is 82.8 cm³/mol. The molecular formula is C14H22ClN5O. The maximum Gasteiger partial charge on any atom is 0.231 e. The summed E-state index contributed by atoms with van der Waals surface area (Å²) in [6.45, 7) is 2.98. The van der Waals surface area contributed by atoms with Crippen molar-refractivity contribution in [3.8, 4) is 0 Å². The van der Waals surface area contributed by atoms with Crippen molar-refractivity contribution in [2.45, 2.75) is 38.5 Å². The number of hydrogen-bond acceptors (Lipinski definition) is 6. The van der Waals surface area contributed by atoms with Gasteiger partial charge in [0.1, 0.15) is 0 Å². The topological polar surface area (TPSA) is 74.2 Å². The molecule has 1 aromatic rings. The average Bonchev–Trinajstić information content (AvgIpc) is 3.26. The highest BCUT2D eigenvalue weighted by atomic mass is 35.5. The molecule has 0 spiro atoms. The number of aliphatic hydroxyl groups is 1. The summed E-state index contributed by atoms with van der Waals surface area (Å²) in [5.74, 6) is 1.21. The number of nitrogens with zero attached hydrogens (tertiary/aromatic N) is 4. The van der Waals surface area contributed by atoms with Gasteiger partial charge in [-0.25, -0.2) is 0 Å². The lowest BCUT2D eigenvalue weighted by Crippen LogP contribution is -2.31. The fourth-order valence-corrected chi connectivity index (χ4v) is 3.01. The Morgan fingerprint density at radius 1 is 1.14 bits per heavy atom. The number of anilines is 2. The van der Waals surface area contributed by atoms with Crippen LogP contribution in [0.2, 0.25) is 5.28 Å². The van der Waals surface area contributed by atoms with E-state index >= 15 is 0 Å². The van der Waals surface area contributed by atoms with Crippen molar-refractivity contribution in [2.24, 2.45) is 5.41 Å². The lowest BCUT2D eigenvalue weighted by molar-refractivity contribution is 0.253. The van der Waals surface area contributed by atoms with Gasteiger partial charge in [0.25, 0.3) is 0 Å². The minimum Gasteiger partial charge on any atom is -0.396 e. The van der Waals surface area contributed by atoms with Gasteiger partial charge in [0.05, 0.1) is 0 Å². The number of hydrogen-bond donors (Lipinski definition) is 2. The van der Waals surface area contributed by atoms with Gasteiger partial charge in [-0.1, -0.05) is 0 Å². The normalized spacial score (nSPS) is 20.4. The van der Waals surface area contributed by atoms with Crippen LogP contribution >= 0.6 is 11.6 Å². The molecule has 3 rings (SSSR count). The van der Waals surface area contributed by atoms with E-state index in [0.717, 1.165) is 38.9 Å². The Hall–Kier alpha value is -1.14. The molecule has 116 valence electrons. The number of halogens is 1. The number of aromatic nitrogens is 3. The van der Waals surface area contributed by atoms with Gasteiger partial charge in [-0.05, 0) is 55.5 Å². The van der Waals surface area contributed by atoms with E-state index in [0.29, 0.717) is 11.9 Å². The summed E-state index contributed by atoms with van der Waals surface area (Å²) in [4.78, 5) is 15.1. The molecule has 2 aliphatic rings. The molecule has 1 saturated heterocycles. The van der Waals surface area contributed by atoms with Crippen LogP contribution in [0.5, 0.6) is 0 Å². The number of rotatable bonds is 6. The first-order valence-corrected chi connectivity index (χ1v) is 8.10. The summed E-state index contributed by atoms with van der Waals surface area (Å²) in [6, 6.07) is 0. The highest BCUT2D eigenvalue weighted by Crippen LogP contribution is 2.48. The fourth-order valence-electron chi connectivity index (χ4n) is 2.85. The third kappa shape index (κ3) is 3.74. The largest absolute Gasteiger partial charge is 0.396 e. The Morgan fingerprint density at radius 3 is 2.57 bits per heavy atom. The van der Waals surface area contributed by atoms with E-state index in [-0.39, 0.29) is 17.3 Å². The summed E-state index contributed by atoms with van der Waals surface area (Å²) in [5, 5.41) is 12.6. The molecule has 2 N–H and O–H groups in total. The Morgan fingerprint density at radius 2 is 1.90 bits per heavy atom. The Labute approximate surface area is 130 Å². The molecule has 0 atom stereocenters. The Balaban J connectivity index is 1.66. The smallest absolute Gasteiger partial charge is 0.231 e. The molecule has 0 aromatic carbocycles. The van der Waals surface area contributed by atoms with E-state index in [1.54, 1.807) is 0 Å². The zero-order valence-corrected chi connectivity index (χ0v) is 12.9. The van der Waals surface area contributed by atoms with Crippen molar-refractivity contribution in [1.82, 2.24) is 15.0 Å². The molecule has 1 aliphatic heterocycles. The SMILES string of the molecule is OCCC1(CNc2nc(Cl)nc(N3CCCCC3)n2)CC1. The second-order valence-corrected chi connectivity index (χ2v) is 6.44. The molecule has 2 fully saturated rings. The van der Waals surface area contributed by atoms with Crippen LogP contribution < -0.4 is 10.2 Å². The average molecular weight is 312 g/mol. The molecule has 1 saturated carbocycles. The van der Waals surface area contributed by atoms with Crippen LogP contribution in [-0.2, 0) is 0 Å². The van der Waals surface area contributed by atoms with Crippen LogP contribution in [-0.4, -0.2) is 46.3 Å². The van der Waals surface area contributed by atoms with Gasteiger partial charge in [-0.2, -0.15) is 15.0 Å². The summed E-state index contributed by atoms with van der Waals surface area (Å²) in [6.07, 6.45) is 6.75. The highest BCUT2D eigenvalue weighted by molar-refractivity contribution is 6.28. The molecule has 0 bridgehead atoms. The van der Waals surface area contributed by atoms with Gasteiger partial charge in [-0.15, -0.1) is 0 Å². The van der Waals surface area contributed by atoms with Crippen LogP contribution in [0.1, 0.15) is 38.5 Å². The summed E-state index contributed by atoms with van der Waals surface area (Å²) >= 11 is 6.03. The van der Waals surface area contributed by atoms with Crippen LogP contribution in [0.25, 0.3) is 0 Å². The molecule has 21 heavy (non-hydrogen) atoms. The molecular weight excluding hydrogens is 290 g/mol. The van der Waals surface area contributed by atoms with Gasteiger partial charge in [0.2, 0.25) is 17.2 Å². The first-order chi connectivity index (χ1) is 10.2. The monoisotopic (exact) mass is 311 g/mol. The van der Waals surface area contributed by atoms with Gasteiger partial charge >= 0.3 is 0 Å². The second-order valence-electron chi connectivity index (χ2n) is 6.10. The van der Waals surface area contributed by atoms with Crippen molar-refractivity contribution < 1.29 is 5.11 Å². The van der Waals surface area contributed by atoms with Crippen LogP contribution in [0.4, 0.5) is 11.9 Å². The van der Waals surface area contributed by atoms with Gasteiger partial charge in [0.15, 0.2) is 0 Å². The summed E-state index contributed by atoms with van der Waals surface area (Å²) in [7, 11) is 0. The minimum absolute atomic E-state index is 0.221. The lowest BCUT2D eigenvalue weighted by Gasteiger charge is -2.26. The first-order valence-electron chi connectivity index (χ1n) is 7.72. The van der Waals surface area contributed by atoms with E-state index in [1.165, 1.54) is 19.3 Å². The number of aliphatic hydroxyl groups excluding tert-OH is 1. The van der Waals surface area contributed by atoms with Gasteiger partial charge in [0, 0.05) is 26.2 Å². The van der Waals surface area contributed by atoms with Gasteiger partial charge < -0.3 is 15.3 Å². The highest BCUT2D eigenvalue weighted by Gasteiger charge is 2.41. The molecule has 0 amide bonds. The Kier molecular flexibility index (Phi) is 4.45. The molecule has 6 nitrogen and oxygen atoms in total. The molecule has 0 unspecified atom stereocenters. The fraction of sp³-hybridized carbons (Fsp3) is 0.786. The van der Waals surface area contributed by atoms with E-state index in [9.17, 15) is 0 Å². The minimum atomic E-state index is 0.221. The number of nitrogens with one attached hydrogen (secondary N) is 1. The van der Waals surface area contributed by atoms with Crippen molar-refractivity contribution in [2.75, 3.05) is 36.5 Å². The summed E-state index contributed by atoms with van der Waals surface area (Å²) in [5.41, 5.74) is 0.221. The Bertz CT molecular complexity index is 488. The zero-order chi connectivity index (χ0) is 14.7. The zero-order valence-electron chi connectivity index (χ0n) is 12.2. The summed E-state index contributed by atoms with van der Waals surface area (Å²) < 4.78 is 0. The molecule has 2 heterocycles. The van der Waals surface area contributed by atoms with Crippen LogP contribution in [0.3, 0.4) is 0 Å². The van der Waals surface area contributed by atoms with E-state index in [2.05, 4.69) is 25.2 Å². The van der Waals surface area contributed by atoms with Gasteiger partial charge in [-0.3, -0.25) is 0 Å². The number of piperidine rings is 1. The molecule has 7 heteroatoms. The predicted octanol–water partition coefficient (Wildman–Crippen LogP) is 2.09. The van der Waals surface area contributed by atoms with Crippen LogP contribution in [0, 0.1) is 5.41 Å². The molecule has 0 radical (unpaired) electrons. The third-order valence-electron chi connectivity index (χ3n) is 4.46.